The van der Waals surface area contributed by atoms with Crippen LogP contribution in [0.5, 0.6) is 0 Å². The largest absolute Gasteiger partial charge is 0.228 e. The lowest BCUT2D eigenvalue weighted by molar-refractivity contribution is 0.559. The van der Waals surface area contributed by atoms with Gasteiger partial charge in [-0.2, -0.15) is 0 Å². The van der Waals surface area contributed by atoms with E-state index in [9.17, 15) is 16.8 Å². The van der Waals surface area contributed by atoms with E-state index in [0.29, 0.717) is 6.42 Å². The maximum atomic E-state index is 11.2. The van der Waals surface area contributed by atoms with Gasteiger partial charge < -0.3 is 0 Å². The highest BCUT2D eigenvalue weighted by Crippen LogP contribution is 1.99. The Morgan fingerprint density at radius 1 is 1.29 bits per heavy atom. The van der Waals surface area contributed by atoms with Crippen LogP contribution in [-0.4, -0.2) is 40.1 Å². The first-order chi connectivity index (χ1) is 6.20. The van der Waals surface area contributed by atoms with Crippen molar-refractivity contribution in [3.8, 4) is 0 Å². The normalized spacial score (nSPS) is 15.4. The Bertz CT molecular complexity index is 357. The fraction of sp³-hybridized carbons (Fsp3) is 1.00. The van der Waals surface area contributed by atoms with Crippen molar-refractivity contribution in [2.75, 3.05) is 17.2 Å². The second-order valence-corrected chi connectivity index (χ2v) is 7.60. The van der Waals surface area contributed by atoms with Crippen LogP contribution in [0.1, 0.15) is 13.3 Å². The van der Waals surface area contributed by atoms with E-state index in [4.69, 9.17) is 11.6 Å². The van der Waals surface area contributed by atoms with Gasteiger partial charge in [-0.05, 0) is 6.42 Å². The third kappa shape index (κ3) is 6.58. The number of hydrogen-bond acceptors (Lipinski definition) is 4. The number of sulfonamides is 1. The summed E-state index contributed by atoms with van der Waals surface area (Å²) in [5.74, 6) is 0.124. The average Bonchev–Trinajstić information content (AvgIpc) is 1.95. The molecule has 0 amide bonds. The molecule has 0 spiro atoms. The zero-order chi connectivity index (χ0) is 11.4. The van der Waals surface area contributed by atoms with Gasteiger partial charge in [-0.25, -0.2) is 21.6 Å². The van der Waals surface area contributed by atoms with Gasteiger partial charge in [0.25, 0.3) is 0 Å². The second kappa shape index (κ2) is 5.29. The Morgan fingerprint density at radius 2 is 1.79 bits per heavy atom. The molecule has 0 heterocycles. The first-order valence-electron chi connectivity index (χ1n) is 3.94. The van der Waals surface area contributed by atoms with Crippen molar-refractivity contribution in [3.05, 3.63) is 0 Å². The molecule has 0 radical (unpaired) electrons. The van der Waals surface area contributed by atoms with E-state index in [0.717, 1.165) is 6.26 Å². The van der Waals surface area contributed by atoms with Crippen LogP contribution in [0.2, 0.25) is 0 Å². The molecule has 0 rings (SSSR count). The van der Waals surface area contributed by atoms with Gasteiger partial charge in [-0.1, -0.05) is 6.92 Å². The Labute approximate surface area is 89.8 Å². The maximum absolute atomic E-state index is 11.2. The van der Waals surface area contributed by atoms with Crippen LogP contribution in [0.15, 0.2) is 0 Å². The monoisotopic (exact) mass is 263 g/mol. The fourth-order valence-electron chi connectivity index (χ4n) is 0.794. The standard InChI is InChI=1S/C6H14ClNO4S2/c1-3-6(4-7)8-14(11,12)5-13(2,9)10/h6,8H,3-5H2,1-2H3. The van der Waals surface area contributed by atoms with E-state index in [1.165, 1.54) is 0 Å². The third-order valence-corrected chi connectivity index (χ3v) is 5.41. The lowest BCUT2D eigenvalue weighted by Gasteiger charge is -2.13. The molecule has 0 aliphatic carbocycles. The van der Waals surface area contributed by atoms with Crippen molar-refractivity contribution in [2.45, 2.75) is 19.4 Å². The van der Waals surface area contributed by atoms with Crippen molar-refractivity contribution in [2.24, 2.45) is 0 Å². The Morgan fingerprint density at radius 3 is 2.07 bits per heavy atom. The maximum Gasteiger partial charge on any atom is 0.226 e. The number of halogens is 1. The van der Waals surface area contributed by atoms with Crippen molar-refractivity contribution in [1.29, 1.82) is 0 Å². The molecule has 1 N–H and O–H groups in total. The number of alkyl halides is 1. The summed E-state index contributed by atoms with van der Waals surface area (Å²) in [7, 11) is -7.32. The molecule has 0 saturated carbocycles. The number of rotatable bonds is 6. The molecule has 0 aliphatic heterocycles. The van der Waals surface area contributed by atoms with E-state index in [-0.39, 0.29) is 5.88 Å². The predicted molar refractivity (Wildman–Crippen MR) is 56.6 cm³/mol. The number of sulfone groups is 1. The van der Waals surface area contributed by atoms with Gasteiger partial charge in [0, 0.05) is 18.2 Å². The second-order valence-electron chi connectivity index (χ2n) is 3.04. The first-order valence-corrected chi connectivity index (χ1v) is 8.18. The molecule has 1 atom stereocenters. The van der Waals surface area contributed by atoms with E-state index in [1.54, 1.807) is 6.92 Å². The molecular formula is C6H14ClNO4S2. The van der Waals surface area contributed by atoms with Crippen LogP contribution in [-0.2, 0) is 19.9 Å². The summed E-state index contributed by atoms with van der Waals surface area (Å²) in [6.07, 6.45) is 1.39. The molecule has 0 saturated heterocycles. The third-order valence-electron chi connectivity index (χ3n) is 1.39. The van der Waals surface area contributed by atoms with Gasteiger partial charge in [0.2, 0.25) is 10.0 Å². The SMILES string of the molecule is CCC(CCl)NS(=O)(=O)CS(C)(=O)=O. The van der Waals surface area contributed by atoms with Crippen LogP contribution in [0, 0.1) is 0 Å². The number of hydrogen-bond donors (Lipinski definition) is 1. The molecule has 1 unspecified atom stereocenters. The molecule has 0 aromatic rings. The quantitative estimate of drug-likeness (QED) is 0.680. The van der Waals surface area contributed by atoms with Gasteiger partial charge in [0.15, 0.2) is 14.9 Å². The van der Waals surface area contributed by atoms with Crippen LogP contribution >= 0.6 is 11.6 Å². The first kappa shape index (κ1) is 14.2. The predicted octanol–water partition coefficient (Wildman–Crippen LogP) is -0.0747. The van der Waals surface area contributed by atoms with Gasteiger partial charge in [0.05, 0.1) is 0 Å². The molecule has 0 aliphatic rings. The van der Waals surface area contributed by atoms with Crippen molar-refractivity contribution >= 4 is 31.5 Å². The highest BCUT2D eigenvalue weighted by molar-refractivity contribution is 8.06. The highest BCUT2D eigenvalue weighted by atomic mass is 35.5. The summed E-state index contributed by atoms with van der Waals surface area (Å²) in [5, 5.41) is -0.895. The molecule has 8 heteroatoms. The minimum absolute atomic E-state index is 0.124. The molecule has 0 aromatic heterocycles. The fourth-order valence-corrected chi connectivity index (χ4v) is 4.47. The highest BCUT2D eigenvalue weighted by Gasteiger charge is 2.20. The van der Waals surface area contributed by atoms with Gasteiger partial charge in [0.1, 0.15) is 0 Å². The van der Waals surface area contributed by atoms with Gasteiger partial charge >= 0.3 is 0 Å². The van der Waals surface area contributed by atoms with Crippen molar-refractivity contribution in [3.63, 3.8) is 0 Å². The summed E-state index contributed by atoms with van der Waals surface area (Å²) in [5.41, 5.74) is 0. The van der Waals surface area contributed by atoms with Crippen LogP contribution in [0.25, 0.3) is 0 Å². The molecule has 0 bridgehead atoms. The van der Waals surface area contributed by atoms with Gasteiger partial charge in [-0.3, -0.25) is 0 Å². The van der Waals surface area contributed by atoms with Crippen LogP contribution in [0.3, 0.4) is 0 Å². The summed E-state index contributed by atoms with van der Waals surface area (Å²) >= 11 is 5.47. The zero-order valence-corrected chi connectivity index (χ0v) is 10.4. The lowest BCUT2D eigenvalue weighted by Crippen LogP contribution is -2.38. The Balaban J connectivity index is 4.51. The van der Waals surface area contributed by atoms with Crippen LogP contribution < -0.4 is 4.72 Å². The summed E-state index contributed by atoms with van der Waals surface area (Å²) < 4.78 is 46.2. The molecular weight excluding hydrogens is 250 g/mol. The van der Waals surface area contributed by atoms with E-state index < -0.39 is 31.0 Å². The Hall–Kier alpha value is 0.150. The average molecular weight is 264 g/mol. The van der Waals surface area contributed by atoms with E-state index >= 15 is 0 Å². The summed E-state index contributed by atoms with van der Waals surface area (Å²) in [6, 6.07) is -0.414. The molecule has 0 fully saturated rings. The molecule has 14 heavy (non-hydrogen) atoms. The van der Waals surface area contributed by atoms with E-state index in [1.807, 2.05) is 0 Å². The van der Waals surface area contributed by atoms with Crippen molar-refractivity contribution in [1.82, 2.24) is 4.72 Å². The molecule has 5 nitrogen and oxygen atoms in total. The van der Waals surface area contributed by atoms with Crippen molar-refractivity contribution < 1.29 is 16.8 Å². The lowest BCUT2D eigenvalue weighted by atomic mass is 10.3. The minimum Gasteiger partial charge on any atom is -0.228 e. The zero-order valence-electron chi connectivity index (χ0n) is 8.03. The molecule has 0 aromatic carbocycles. The topological polar surface area (TPSA) is 80.3 Å². The van der Waals surface area contributed by atoms with Gasteiger partial charge in [-0.15, -0.1) is 11.6 Å². The number of nitrogens with one attached hydrogen (secondary N) is 1. The Kier molecular flexibility index (Phi) is 5.35. The summed E-state index contributed by atoms with van der Waals surface area (Å²) in [4.78, 5) is 0. The minimum atomic E-state index is -3.79. The van der Waals surface area contributed by atoms with Crippen LogP contribution in [0.4, 0.5) is 0 Å². The molecule has 86 valence electrons. The summed E-state index contributed by atoms with van der Waals surface area (Å²) in [6.45, 7) is 1.76. The van der Waals surface area contributed by atoms with E-state index in [2.05, 4.69) is 4.72 Å². The smallest absolute Gasteiger partial charge is 0.226 e.